The molecule has 0 aliphatic heterocycles. The normalized spacial score (nSPS) is 10.1. The molecule has 0 amide bonds. The second kappa shape index (κ2) is 6.25. The second-order valence-corrected chi connectivity index (χ2v) is 4.45. The highest BCUT2D eigenvalue weighted by atomic mass is 35.5. The van der Waals surface area contributed by atoms with Gasteiger partial charge >= 0.3 is 0 Å². The summed E-state index contributed by atoms with van der Waals surface area (Å²) in [4.78, 5) is 10.3. The lowest BCUT2D eigenvalue weighted by atomic mass is 10.2. The highest BCUT2D eigenvalue weighted by Gasteiger charge is 2.12. The molecule has 104 valence electrons. The van der Waals surface area contributed by atoms with Crippen LogP contribution in [0.15, 0.2) is 42.5 Å². The van der Waals surface area contributed by atoms with E-state index < -0.39 is 4.92 Å². The van der Waals surface area contributed by atoms with Crippen LogP contribution in [0.3, 0.4) is 0 Å². The van der Waals surface area contributed by atoms with Crippen LogP contribution >= 0.6 is 11.6 Å². The molecule has 0 unspecified atom stereocenters. The van der Waals surface area contributed by atoms with Crippen molar-refractivity contribution >= 4 is 17.3 Å². The number of ether oxygens (including phenoxy) is 2. The first-order valence-corrected chi connectivity index (χ1v) is 6.17. The summed E-state index contributed by atoms with van der Waals surface area (Å²) in [6.45, 7) is 0.248. The standard InChI is InChI=1S/C14H12ClNO4/c1-19-13-6-5-12(16(17)18)8-14(13)20-9-10-3-2-4-11(15)7-10/h2-8H,9H2,1H3. The van der Waals surface area contributed by atoms with E-state index in [1.165, 1.54) is 25.3 Å². The summed E-state index contributed by atoms with van der Waals surface area (Å²) in [7, 11) is 1.48. The van der Waals surface area contributed by atoms with Gasteiger partial charge in [-0.3, -0.25) is 10.1 Å². The molecule has 0 saturated carbocycles. The third-order valence-corrected chi connectivity index (χ3v) is 2.88. The van der Waals surface area contributed by atoms with Crippen LogP contribution < -0.4 is 9.47 Å². The van der Waals surface area contributed by atoms with Gasteiger partial charge in [0.2, 0.25) is 0 Å². The molecule has 0 aliphatic carbocycles. The monoisotopic (exact) mass is 293 g/mol. The maximum Gasteiger partial charge on any atom is 0.273 e. The molecule has 0 bridgehead atoms. The number of nitro benzene ring substituents is 1. The van der Waals surface area contributed by atoms with Crippen LogP contribution in [0.25, 0.3) is 0 Å². The van der Waals surface area contributed by atoms with Crippen molar-refractivity contribution in [1.82, 2.24) is 0 Å². The summed E-state index contributed by atoms with van der Waals surface area (Å²) >= 11 is 5.88. The van der Waals surface area contributed by atoms with Crippen LogP contribution in [0.1, 0.15) is 5.56 Å². The van der Waals surface area contributed by atoms with Crippen LogP contribution in [-0.4, -0.2) is 12.0 Å². The first-order chi connectivity index (χ1) is 9.60. The fourth-order valence-electron chi connectivity index (χ4n) is 1.68. The van der Waals surface area contributed by atoms with E-state index in [0.29, 0.717) is 16.5 Å². The van der Waals surface area contributed by atoms with Gasteiger partial charge in [0.1, 0.15) is 6.61 Å². The molecule has 0 N–H and O–H groups in total. The topological polar surface area (TPSA) is 61.6 Å². The van der Waals surface area contributed by atoms with Crippen molar-refractivity contribution in [2.45, 2.75) is 6.61 Å². The fraction of sp³-hybridized carbons (Fsp3) is 0.143. The average molecular weight is 294 g/mol. The molecule has 0 fully saturated rings. The Balaban J connectivity index is 2.19. The van der Waals surface area contributed by atoms with Crippen molar-refractivity contribution in [3.05, 3.63) is 63.2 Å². The van der Waals surface area contributed by atoms with Gasteiger partial charge in [-0.15, -0.1) is 0 Å². The van der Waals surface area contributed by atoms with Crippen LogP contribution in [-0.2, 0) is 6.61 Å². The average Bonchev–Trinajstić information content (AvgIpc) is 2.44. The Morgan fingerprint density at radius 1 is 1.20 bits per heavy atom. The van der Waals surface area contributed by atoms with E-state index in [4.69, 9.17) is 21.1 Å². The molecule has 6 heteroatoms. The van der Waals surface area contributed by atoms with Crippen molar-refractivity contribution in [3.8, 4) is 11.5 Å². The lowest BCUT2D eigenvalue weighted by molar-refractivity contribution is -0.385. The minimum atomic E-state index is -0.480. The Hall–Kier alpha value is -2.27. The first-order valence-electron chi connectivity index (χ1n) is 5.80. The van der Waals surface area contributed by atoms with E-state index in [9.17, 15) is 10.1 Å². The van der Waals surface area contributed by atoms with Gasteiger partial charge in [-0.2, -0.15) is 0 Å². The van der Waals surface area contributed by atoms with Gasteiger partial charge in [-0.05, 0) is 23.8 Å². The number of benzene rings is 2. The van der Waals surface area contributed by atoms with Gasteiger partial charge in [0, 0.05) is 11.1 Å². The lowest BCUT2D eigenvalue weighted by Crippen LogP contribution is -1.99. The van der Waals surface area contributed by atoms with E-state index in [1.807, 2.05) is 12.1 Å². The number of methoxy groups -OCH3 is 1. The number of hydrogen-bond acceptors (Lipinski definition) is 4. The van der Waals surface area contributed by atoms with Gasteiger partial charge in [-0.1, -0.05) is 23.7 Å². The predicted octanol–water partition coefficient (Wildman–Crippen LogP) is 3.84. The SMILES string of the molecule is COc1ccc([N+](=O)[O-])cc1OCc1cccc(Cl)c1. The van der Waals surface area contributed by atoms with Crippen molar-refractivity contribution < 1.29 is 14.4 Å². The van der Waals surface area contributed by atoms with Crippen LogP contribution in [0, 0.1) is 10.1 Å². The number of nitro groups is 1. The first kappa shape index (κ1) is 14.1. The predicted molar refractivity (Wildman–Crippen MR) is 75.4 cm³/mol. The molecule has 2 rings (SSSR count). The third-order valence-electron chi connectivity index (χ3n) is 2.64. The summed E-state index contributed by atoms with van der Waals surface area (Å²) in [6.07, 6.45) is 0. The van der Waals surface area contributed by atoms with Gasteiger partial charge in [0.05, 0.1) is 18.1 Å². The number of non-ortho nitro benzene ring substituents is 1. The molecule has 2 aromatic carbocycles. The minimum absolute atomic E-state index is 0.0492. The van der Waals surface area contributed by atoms with Gasteiger partial charge in [-0.25, -0.2) is 0 Å². The second-order valence-electron chi connectivity index (χ2n) is 4.01. The molecule has 0 aliphatic rings. The molecular formula is C14H12ClNO4. The maximum atomic E-state index is 10.8. The Morgan fingerprint density at radius 2 is 2.00 bits per heavy atom. The van der Waals surface area contributed by atoms with Crippen LogP contribution in [0.2, 0.25) is 5.02 Å². The number of nitrogens with zero attached hydrogens (tertiary/aromatic N) is 1. The number of halogens is 1. The van der Waals surface area contributed by atoms with Crippen molar-refractivity contribution in [2.75, 3.05) is 7.11 Å². The largest absolute Gasteiger partial charge is 0.493 e. The van der Waals surface area contributed by atoms with Gasteiger partial charge in [0.15, 0.2) is 11.5 Å². The summed E-state index contributed by atoms with van der Waals surface area (Å²) in [5.41, 5.74) is 0.818. The molecule has 0 spiro atoms. The van der Waals surface area contributed by atoms with E-state index >= 15 is 0 Å². The maximum absolute atomic E-state index is 10.8. The summed E-state index contributed by atoms with van der Waals surface area (Å²) < 4.78 is 10.7. The molecule has 0 radical (unpaired) electrons. The zero-order chi connectivity index (χ0) is 14.5. The van der Waals surface area contributed by atoms with Crippen LogP contribution in [0.4, 0.5) is 5.69 Å². The Labute approximate surface area is 120 Å². The molecule has 0 saturated heterocycles. The van der Waals surface area contributed by atoms with Crippen molar-refractivity contribution in [1.29, 1.82) is 0 Å². The number of rotatable bonds is 5. The molecule has 0 atom stereocenters. The molecule has 5 nitrogen and oxygen atoms in total. The van der Waals surface area contributed by atoms with E-state index in [0.717, 1.165) is 5.56 Å². The van der Waals surface area contributed by atoms with Gasteiger partial charge in [0.25, 0.3) is 5.69 Å². The number of hydrogen-bond donors (Lipinski definition) is 0. The van der Waals surface area contributed by atoms with Gasteiger partial charge < -0.3 is 9.47 Å². The Kier molecular flexibility index (Phi) is 4.42. The smallest absolute Gasteiger partial charge is 0.273 e. The zero-order valence-electron chi connectivity index (χ0n) is 10.7. The molecule has 2 aromatic rings. The Morgan fingerprint density at radius 3 is 2.65 bits per heavy atom. The summed E-state index contributed by atoms with van der Waals surface area (Å²) in [5.74, 6) is 0.763. The van der Waals surface area contributed by atoms with E-state index in [-0.39, 0.29) is 12.3 Å². The van der Waals surface area contributed by atoms with E-state index in [2.05, 4.69) is 0 Å². The highest BCUT2D eigenvalue weighted by molar-refractivity contribution is 6.30. The molecule has 20 heavy (non-hydrogen) atoms. The van der Waals surface area contributed by atoms with Crippen molar-refractivity contribution in [3.63, 3.8) is 0 Å². The van der Waals surface area contributed by atoms with Crippen molar-refractivity contribution in [2.24, 2.45) is 0 Å². The Bertz CT molecular complexity index is 630. The molecule has 0 aromatic heterocycles. The quantitative estimate of drug-likeness (QED) is 0.621. The summed E-state index contributed by atoms with van der Waals surface area (Å²) in [6, 6.07) is 11.4. The van der Waals surface area contributed by atoms with E-state index in [1.54, 1.807) is 12.1 Å². The lowest BCUT2D eigenvalue weighted by Gasteiger charge is -2.10. The van der Waals surface area contributed by atoms with Crippen LogP contribution in [0.5, 0.6) is 11.5 Å². The highest BCUT2D eigenvalue weighted by Crippen LogP contribution is 2.31. The molecular weight excluding hydrogens is 282 g/mol. The molecule has 0 heterocycles. The summed E-state index contributed by atoms with van der Waals surface area (Å²) in [5, 5.41) is 11.4. The fourth-order valence-corrected chi connectivity index (χ4v) is 1.89. The third kappa shape index (κ3) is 3.39. The minimum Gasteiger partial charge on any atom is -0.493 e. The zero-order valence-corrected chi connectivity index (χ0v) is 11.5.